The summed E-state index contributed by atoms with van der Waals surface area (Å²) in [6.07, 6.45) is 1.62. The van der Waals surface area contributed by atoms with Gasteiger partial charge in [0, 0.05) is 16.5 Å². The summed E-state index contributed by atoms with van der Waals surface area (Å²) in [6, 6.07) is 1.76. The molecule has 1 aliphatic rings. The van der Waals surface area contributed by atoms with Crippen molar-refractivity contribution in [1.82, 2.24) is 0 Å². The lowest BCUT2D eigenvalue weighted by Crippen LogP contribution is -1.95. The maximum absolute atomic E-state index is 10.8. The van der Waals surface area contributed by atoms with Gasteiger partial charge in [-0.3, -0.25) is 4.79 Å². The van der Waals surface area contributed by atoms with Gasteiger partial charge in [-0.2, -0.15) is 0 Å². The number of aldehydes is 1. The van der Waals surface area contributed by atoms with E-state index in [-0.39, 0.29) is 0 Å². The van der Waals surface area contributed by atoms with E-state index < -0.39 is 0 Å². The number of ether oxygens (including phenoxy) is 2. The summed E-state index contributed by atoms with van der Waals surface area (Å²) >= 11 is 3.41. The number of hydrogen-bond donors (Lipinski definition) is 0. The summed E-state index contributed by atoms with van der Waals surface area (Å²) in [6.45, 7) is 0.645. The van der Waals surface area contributed by atoms with Crippen LogP contribution in [0, 0.1) is 0 Å². The SMILES string of the molecule is COc1c(C=O)cc(Br)c2c1OCC2. The Morgan fingerprint density at radius 3 is 3.07 bits per heavy atom. The molecular weight excluding hydrogens is 248 g/mol. The highest BCUT2D eigenvalue weighted by atomic mass is 79.9. The Labute approximate surface area is 90.1 Å². The molecule has 0 bridgehead atoms. The molecule has 0 saturated carbocycles. The molecule has 0 fully saturated rings. The van der Waals surface area contributed by atoms with Crippen LogP contribution in [-0.4, -0.2) is 20.0 Å². The van der Waals surface area contributed by atoms with Gasteiger partial charge in [0.25, 0.3) is 0 Å². The Morgan fingerprint density at radius 1 is 1.64 bits per heavy atom. The average molecular weight is 257 g/mol. The van der Waals surface area contributed by atoms with E-state index in [0.29, 0.717) is 23.7 Å². The van der Waals surface area contributed by atoms with Crippen LogP contribution in [-0.2, 0) is 6.42 Å². The molecule has 0 aliphatic carbocycles. The van der Waals surface area contributed by atoms with Gasteiger partial charge in [-0.15, -0.1) is 0 Å². The Hall–Kier alpha value is -1.03. The van der Waals surface area contributed by atoms with Gasteiger partial charge in [-0.25, -0.2) is 0 Å². The van der Waals surface area contributed by atoms with Crippen LogP contribution in [0.1, 0.15) is 15.9 Å². The first kappa shape index (κ1) is 9.52. The summed E-state index contributed by atoms with van der Waals surface area (Å²) in [5.74, 6) is 1.24. The van der Waals surface area contributed by atoms with E-state index in [0.717, 1.165) is 22.7 Å². The molecule has 1 aromatic rings. The second-order valence-corrected chi connectivity index (χ2v) is 3.86. The van der Waals surface area contributed by atoms with Gasteiger partial charge >= 0.3 is 0 Å². The number of benzene rings is 1. The highest BCUT2D eigenvalue weighted by Crippen LogP contribution is 2.42. The molecule has 0 saturated heterocycles. The summed E-state index contributed by atoms with van der Waals surface area (Å²) in [5.41, 5.74) is 1.59. The Bertz CT molecular complexity index is 387. The minimum atomic E-state index is 0.514. The molecule has 0 N–H and O–H groups in total. The van der Waals surface area contributed by atoms with Gasteiger partial charge in [0.15, 0.2) is 17.8 Å². The van der Waals surface area contributed by atoms with E-state index in [1.54, 1.807) is 6.07 Å². The molecule has 1 aromatic carbocycles. The number of carbonyl (C=O) groups excluding carboxylic acids is 1. The van der Waals surface area contributed by atoms with Crippen LogP contribution < -0.4 is 9.47 Å². The van der Waals surface area contributed by atoms with E-state index in [2.05, 4.69) is 15.9 Å². The average Bonchev–Trinajstić information content (AvgIpc) is 2.66. The standard InChI is InChI=1S/C10H9BrO3/c1-13-9-6(5-12)4-8(11)7-2-3-14-10(7)9/h4-5H,2-3H2,1H3. The fourth-order valence-corrected chi connectivity index (χ4v) is 2.23. The van der Waals surface area contributed by atoms with Crippen LogP contribution in [0.25, 0.3) is 0 Å². The number of carbonyl (C=O) groups is 1. The van der Waals surface area contributed by atoms with Gasteiger partial charge in [-0.05, 0) is 6.07 Å². The van der Waals surface area contributed by atoms with Crippen molar-refractivity contribution in [3.63, 3.8) is 0 Å². The largest absolute Gasteiger partial charge is 0.492 e. The number of halogens is 1. The first-order chi connectivity index (χ1) is 6.77. The molecule has 4 heteroatoms. The highest BCUT2D eigenvalue weighted by Gasteiger charge is 2.23. The molecular formula is C10H9BrO3. The van der Waals surface area contributed by atoms with Gasteiger partial charge in [0.2, 0.25) is 0 Å². The second kappa shape index (κ2) is 3.61. The summed E-state index contributed by atoms with van der Waals surface area (Å²) in [4.78, 5) is 10.8. The van der Waals surface area contributed by atoms with Crippen molar-refractivity contribution >= 4 is 22.2 Å². The van der Waals surface area contributed by atoms with E-state index in [9.17, 15) is 4.79 Å². The van der Waals surface area contributed by atoms with Gasteiger partial charge in [0.1, 0.15) is 0 Å². The molecule has 0 amide bonds. The summed E-state index contributed by atoms with van der Waals surface area (Å²) in [7, 11) is 1.54. The maximum atomic E-state index is 10.8. The van der Waals surface area contributed by atoms with Crippen LogP contribution in [0.4, 0.5) is 0 Å². The van der Waals surface area contributed by atoms with E-state index in [1.807, 2.05) is 0 Å². The molecule has 0 unspecified atom stereocenters. The number of rotatable bonds is 2. The van der Waals surface area contributed by atoms with Gasteiger partial charge in [-0.1, -0.05) is 15.9 Å². The Kier molecular flexibility index (Phi) is 2.46. The first-order valence-electron chi connectivity index (χ1n) is 4.25. The van der Waals surface area contributed by atoms with Crippen LogP contribution in [0.3, 0.4) is 0 Å². The van der Waals surface area contributed by atoms with Gasteiger partial charge in [0.05, 0.1) is 19.3 Å². The molecule has 0 radical (unpaired) electrons. The molecule has 0 atom stereocenters. The van der Waals surface area contributed by atoms with Crippen molar-refractivity contribution < 1.29 is 14.3 Å². The minimum absolute atomic E-state index is 0.514. The van der Waals surface area contributed by atoms with Crippen molar-refractivity contribution in [3.8, 4) is 11.5 Å². The zero-order valence-corrected chi connectivity index (χ0v) is 9.26. The predicted molar refractivity (Wildman–Crippen MR) is 55.3 cm³/mol. The Morgan fingerprint density at radius 2 is 2.43 bits per heavy atom. The van der Waals surface area contributed by atoms with Crippen molar-refractivity contribution in [2.45, 2.75) is 6.42 Å². The minimum Gasteiger partial charge on any atom is -0.492 e. The zero-order chi connectivity index (χ0) is 10.1. The van der Waals surface area contributed by atoms with Crippen molar-refractivity contribution in [1.29, 1.82) is 0 Å². The first-order valence-corrected chi connectivity index (χ1v) is 5.04. The van der Waals surface area contributed by atoms with Crippen molar-refractivity contribution in [2.75, 3.05) is 13.7 Å². The van der Waals surface area contributed by atoms with E-state index in [4.69, 9.17) is 9.47 Å². The fraction of sp³-hybridized carbons (Fsp3) is 0.300. The monoisotopic (exact) mass is 256 g/mol. The molecule has 0 aromatic heterocycles. The van der Waals surface area contributed by atoms with Gasteiger partial charge < -0.3 is 9.47 Å². The molecule has 0 spiro atoms. The summed E-state index contributed by atoms with van der Waals surface area (Å²) < 4.78 is 11.5. The molecule has 14 heavy (non-hydrogen) atoms. The predicted octanol–water partition coefficient (Wildman–Crippen LogP) is 2.21. The smallest absolute Gasteiger partial charge is 0.171 e. The quantitative estimate of drug-likeness (QED) is 0.762. The van der Waals surface area contributed by atoms with Crippen LogP contribution >= 0.6 is 15.9 Å². The van der Waals surface area contributed by atoms with Crippen molar-refractivity contribution in [2.24, 2.45) is 0 Å². The fourth-order valence-electron chi connectivity index (χ4n) is 1.60. The van der Waals surface area contributed by atoms with Crippen LogP contribution in [0.2, 0.25) is 0 Å². The third-order valence-electron chi connectivity index (χ3n) is 2.24. The molecule has 2 rings (SSSR count). The van der Waals surface area contributed by atoms with E-state index >= 15 is 0 Å². The zero-order valence-electron chi connectivity index (χ0n) is 7.67. The number of fused-ring (bicyclic) bond motifs is 1. The lowest BCUT2D eigenvalue weighted by atomic mass is 10.1. The maximum Gasteiger partial charge on any atom is 0.171 e. The van der Waals surface area contributed by atoms with Crippen LogP contribution in [0.15, 0.2) is 10.5 Å². The molecule has 1 aliphatic heterocycles. The molecule has 3 nitrogen and oxygen atoms in total. The normalized spacial score (nSPS) is 13.3. The third-order valence-corrected chi connectivity index (χ3v) is 2.95. The lowest BCUT2D eigenvalue weighted by molar-refractivity contribution is 0.112. The second-order valence-electron chi connectivity index (χ2n) is 3.00. The third kappa shape index (κ3) is 1.30. The Balaban J connectivity index is 2.67. The lowest BCUT2D eigenvalue weighted by Gasteiger charge is -2.10. The van der Waals surface area contributed by atoms with Crippen molar-refractivity contribution in [3.05, 3.63) is 21.7 Å². The summed E-state index contributed by atoms with van der Waals surface area (Å²) in [5, 5.41) is 0. The number of hydrogen-bond acceptors (Lipinski definition) is 3. The molecule has 1 heterocycles. The van der Waals surface area contributed by atoms with E-state index in [1.165, 1.54) is 7.11 Å². The number of methoxy groups -OCH3 is 1. The highest BCUT2D eigenvalue weighted by molar-refractivity contribution is 9.10. The topological polar surface area (TPSA) is 35.5 Å². The van der Waals surface area contributed by atoms with Crippen LogP contribution in [0.5, 0.6) is 11.5 Å². The molecule has 74 valence electrons.